The number of nitrogens with zero attached hydrogens (tertiary/aromatic N) is 2. The Morgan fingerprint density at radius 2 is 1.58 bits per heavy atom. The van der Waals surface area contributed by atoms with Crippen LogP contribution in [0.25, 0.3) is 0 Å². The highest BCUT2D eigenvalue weighted by atomic mass is 16.2. The number of carbonyl (C=O) groups excluding carboxylic acids is 1. The molecule has 2 fully saturated rings. The van der Waals surface area contributed by atoms with Crippen LogP contribution in [0.2, 0.25) is 0 Å². The third kappa shape index (κ3) is 2.75. The van der Waals surface area contributed by atoms with Crippen molar-refractivity contribution in [3.05, 3.63) is 30.3 Å². The van der Waals surface area contributed by atoms with E-state index in [2.05, 4.69) is 34.1 Å². The molecule has 0 aliphatic carbocycles. The number of anilines is 1. The number of piperidine rings is 1. The van der Waals surface area contributed by atoms with Gasteiger partial charge in [-0.15, -0.1) is 0 Å². The molecular formula is C16H22N2O. The zero-order valence-corrected chi connectivity index (χ0v) is 11.4. The maximum absolute atomic E-state index is 12.4. The quantitative estimate of drug-likeness (QED) is 0.814. The van der Waals surface area contributed by atoms with Gasteiger partial charge in [0.1, 0.15) is 0 Å². The summed E-state index contributed by atoms with van der Waals surface area (Å²) in [7, 11) is 0. The molecule has 2 aliphatic heterocycles. The van der Waals surface area contributed by atoms with Crippen LogP contribution in [0.1, 0.15) is 25.7 Å². The molecule has 0 saturated carbocycles. The van der Waals surface area contributed by atoms with Crippen LogP contribution in [0, 0.1) is 5.92 Å². The third-order valence-corrected chi connectivity index (χ3v) is 4.38. The lowest BCUT2D eigenvalue weighted by molar-refractivity contribution is -0.135. The van der Waals surface area contributed by atoms with Crippen LogP contribution in [0.5, 0.6) is 0 Å². The van der Waals surface area contributed by atoms with Crippen molar-refractivity contribution in [3.63, 3.8) is 0 Å². The molecule has 0 N–H and O–H groups in total. The van der Waals surface area contributed by atoms with Crippen LogP contribution in [0.4, 0.5) is 5.69 Å². The van der Waals surface area contributed by atoms with Crippen molar-refractivity contribution in [1.29, 1.82) is 0 Å². The molecule has 102 valence electrons. The number of rotatable bonds is 2. The fourth-order valence-electron chi connectivity index (χ4n) is 3.22. The number of hydrogen-bond donors (Lipinski definition) is 0. The van der Waals surface area contributed by atoms with Crippen molar-refractivity contribution >= 4 is 11.6 Å². The van der Waals surface area contributed by atoms with Crippen LogP contribution < -0.4 is 4.90 Å². The van der Waals surface area contributed by atoms with E-state index in [4.69, 9.17) is 0 Å². The van der Waals surface area contributed by atoms with E-state index in [1.54, 1.807) is 0 Å². The first-order valence-corrected chi connectivity index (χ1v) is 7.43. The molecule has 0 aromatic heterocycles. The molecule has 2 heterocycles. The second kappa shape index (κ2) is 5.64. The van der Waals surface area contributed by atoms with Gasteiger partial charge in [0.25, 0.3) is 0 Å². The first-order chi connectivity index (χ1) is 9.34. The SMILES string of the molecule is O=C(C1CCN(c2ccccc2)CC1)N1CCCC1. The van der Waals surface area contributed by atoms with E-state index in [-0.39, 0.29) is 5.92 Å². The summed E-state index contributed by atoms with van der Waals surface area (Å²) in [5.41, 5.74) is 1.29. The molecular weight excluding hydrogens is 236 g/mol. The van der Waals surface area contributed by atoms with Gasteiger partial charge in [-0.2, -0.15) is 0 Å². The van der Waals surface area contributed by atoms with E-state index in [1.807, 2.05) is 6.07 Å². The molecule has 0 atom stereocenters. The number of para-hydroxylation sites is 1. The molecule has 0 bridgehead atoms. The minimum absolute atomic E-state index is 0.262. The summed E-state index contributed by atoms with van der Waals surface area (Å²) >= 11 is 0. The van der Waals surface area contributed by atoms with Gasteiger partial charge in [-0.05, 0) is 37.8 Å². The molecule has 0 spiro atoms. The van der Waals surface area contributed by atoms with Gasteiger partial charge in [-0.3, -0.25) is 4.79 Å². The Morgan fingerprint density at radius 1 is 0.947 bits per heavy atom. The minimum Gasteiger partial charge on any atom is -0.371 e. The molecule has 1 aromatic carbocycles. The van der Waals surface area contributed by atoms with Crippen LogP contribution in [0.3, 0.4) is 0 Å². The lowest BCUT2D eigenvalue weighted by Gasteiger charge is -2.34. The van der Waals surface area contributed by atoms with Crippen LogP contribution in [0.15, 0.2) is 30.3 Å². The van der Waals surface area contributed by atoms with Gasteiger partial charge < -0.3 is 9.80 Å². The largest absolute Gasteiger partial charge is 0.371 e. The summed E-state index contributed by atoms with van der Waals surface area (Å²) in [4.78, 5) is 16.8. The van der Waals surface area contributed by atoms with Gasteiger partial charge in [0.05, 0.1) is 0 Å². The van der Waals surface area contributed by atoms with E-state index in [9.17, 15) is 4.79 Å². The second-order valence-corrected chi connectivity index (χ2v) is 5.63. The van der Waals surface area contributed by atoms with E-state index in [1.165, 1.54) is 18.5 Å². The maximum atomic E-state index is 12.4. The summed E-state index contributed by atoms with van der Waals surface area (Å²) in [5, 5.41) is 0. The van der Waals surface area contributed by atoms with Crippen LogP contribution in [-0.4, -0.2) is 37.0 Å². The van der Waals surface area contributed by atoms with Crippen molar-refractivity contribution in [2.75, 3.05) is 31.1 Å². The topological polar surface area (TPSA) is 23.6 Å². The fourth-order valence-corrected chi connectivity index (χ4v) is 3.22. The summed E-state index contributed by atoms with van der Waals surface area (Å²) < 4.78 is 0. The van der Waals surface area contributed by atoms with Crippen molar-refractivity contribution in [2.24, 2.45) is 5.92 Å². The standard InChI is InChI=1S/C16H22N2O/c19-16(18-10-4-5-11-18)14-8-12-17(13-9-14)15-6-2-1-3-7-15/h1-3,6-7,14H,4-5,8-13H2. The Balaban J connectivity index is 1.56. The summed E-state index contributed by atoms with van der Waals surface area (Å²) in [5.74, 6) is 0.670. The zero-order chi connectivity index (χ0) is 13.1. The monoisotopic (exact) mass is 258 g/mol. The molecule has 19 heavy (non-hydrogen) atoms. The molecule has 1 aromatic rings. The number of benzene rings is 1. The maximum Gasteiger partial charge on any atom is 0.225 e. The van der Waals surface area contributed by atoms with Crippen molar-refractivity contribution in [2.45, 2.75) is 25.7 Å². The fraction of sp³-hybridized carbons (Fsp3) is 0.562. The van der Waals surface area contributed by atoms with E-state index >= 15 is 0 Å². The highest BCUT2D eigenvalue weighted by molar-refractivity contribution is 5.79. The van der Waals surface area contributed by atoms with Gasteiger partial charge in [-0.1, -0.05) is 18.2 Å². The summed E-state index contributed by atoms with van der Waals surface area (Å²) in [6.07, 6.45) is 4.39. The van der Waals surface area contributed by atoms with E-state index in [0.29, 0.717) is 5.91 Å². The van der Waals surface area contributed by atoms with Crippen molar-refractivity contribution in [1.82, 2.24) is 4.90 Å². The molecule has 2 aliphatic rings. The number of amides is 1. The Bertz CT molecular complexity index is 418. The molecule has 3 nitrogen and oxygen atoms in total. The summed E-state index contributed by atoms with van der Waals surface area (Å²) in [6.45, 7) is 3.98. The Labute approximate surface area is 115 Å². The van der Waals surface area contributed by atoms with Gasteiger partial charge >= 0.3 is 0 Å². The molecule has 0 radical (unpaired) electrons. The summed E-state index contributed by atoms with van der Waals surface area (Å²) in [6, 6.07) is 10.5. The van der Waals surface area contributed by atoms with Gasteiger partial charge in [0.2, 0.25) is 5.91 Å². The highest BCUT2D eigenvalue weighted by Gasteiger charge is 2.29. The molecule has 0 unspecified atom stereocenters. The Kier molecular flexibility index (Phi) is 3.72. The first kappa shape index (κ1) is 12.5. The Hall–Kier alpha value is -1.51. The number of hydrogen-bond acceptors (Lipinski definition) is 2. The van der Waals surface area contributed by atoms with Crippen LogP contribution in [-0.2, 0) is 4.79 Å². The van der Waals surface area contributed by atoms with Crippen molar-refractivity contribution < 1.29 is 4.79 Å². The van der Waals surface area contributed by atoms with Gasteiger partial charge in [-0.25, -0.2) is 0 Å². The van der Waals surface area contributed by atoms with Gasteiger partial charge in [0.15, 0.2) is 0 Å². The Morgan fingerprint density at radius 3 is 2.21 bits per heavy atom. The second-order valence-electron chi connectivity index (χ2n) is 5.63. The normalized spacial score (nSPS) is 20.8. The highest BCUT2D eigenvalue weighted by Crippen LogP contribution is 2.25. The number of likely N-dealkylation sites (tertiary alicyclic amines) is 1. The van der Waals surface area contributed by atoms with E-state index < -0.39 is 0 Å². The molecule has 2 saturated heterocycles. The predicted octanol–water partition coefficient (Wildman–Crippen LogP) is 2.53. The third-order valence-electron chi connectivity index (χ3n) is 4.38. The van der Waals surface area contributed by atoms with Crippen LogP contribution >= 0.6 is 0 Å². The smallest absolute Gasteiger partial charge is 0.225 e. The molecule has 3 rings (SSSR count). The van der Waals surface area contributed by atoms with Crippen molar-refractivity contribution in [3.8, 4) is 0 Å². The zero-order valence-electron chi connectivity index (χ0n) is 11.4. The minimum atomic E-state index is 0.262. The van der Waals surface area contributed by atoms with Gasteiger partial charge in [0, 0.05) is 37.8 Å². The average Bonchev–Trinajstić information content (AvgIpc) is 3.02. The molecule has 3 heteroatoms. The molecule has 1 amide bonds. The van der Waals surface area contributed by atoms with E-state index in [0.717, 1.165) is 39.0 Å². The number of carbonyl (C=O) groups is 1. The lowest BCUT2D eigenvalue weighted by Crippen LogP contribution is -2.41. The lowest BCUT2D eigenvalue weighted by atomic mass is 9.95. The first-order valence-electron chi connectivity index (χ1n) is 7.43. The average molecular weight is 258 g/mol. The predicted molar refractivity (Wildman–Crippen MR) is 77.2 cm³/mol.